The molecule has 0 aliphatic rings. The second kappa shape index (κ2) is 9.65. The zero-order valence-corrected chi connectivity index (χ0v) is 10.1. The first kappa shape index (κ1) is 13.3. The molecule has 0 saturated heterocycles. The van der Waals surface area contributed by atoms with E-state index in [0.717, 1.165) is 0 Å². The van der Waals surface area contributed by atoms with Gasteiger partial charge in [0, 0.05) is 0 Å². The average Bonchev–Trinajstić information content (AvgIpc) is 1.89. The number of hydrogen-bond acceptors (Lipinski definition) is 2. The minimum atomic E-state index is 0.130. The van der Waals surface area contributed by atoms with E-state index in [1.54, 1.807) is 0 Å². The molecular weight excluding hydrogens is 311 g/mol. The Labute approximate surface area is 82.9 Å². The predicted octanol–water partition coefficient (Wildman–Crippen LogP) is 0.183. The van der Waals surface area contributed by atoms with Crippen molar-refractivity contribution in [3.63, 3.8) is 0 Å². The summed E-state index contributed by atoms with van der Waals surface area (Å²) in [5.74, 6) is 0. The third-order valence-electron chi connectivity index (χ3n) is 0.577. The Morgan fingerprint density at radius 2 is 1.50 bits per heavy atom. The summed E-state index contributed by atoms with van der Waals surface area (Å²) in [7, 11) is 0. The zero-order chi connectivity index (χ0) is 8.57. The first-order valence-electron chi connectivity index (χ1n) is 2.94. The number of hydrogen-bond donors (Lipinski definition) is 0. The van der Waals surface area contributed by atoms with Crippen LogP contribution in [-0.2, 0) is 9.59 Å². The van der Waals surface area contributed by atoms with Gasteiger partial charge in [0.1, 0.15) is 0 Å². The van der Waals surface area contributed by atoms with Crippen LogP contribution in [0.1, 0.15) is 26.7 Å². The van der Waals surface area contributed by atoms with Crippen molar-refractivity contribution in [2.75, 3.05) is 0 Å². The molecule has 0 aliphatic heterocycles. The van der Waals surface area contributed by atoms with Crippen LogP contribution in [0.4, 0.5) is 0 Å². The molecule has 0 aromatic carbocycles. The molecule has 4 heteroatoms. The van der Waals surface area contributed by atoms with Gasteiger partial charge in [-0.25, -0.2) is 0 Å². The van der Waals surface area contributed by atoms with E-state index in [1.807, 2.05) is 13.8 Å². The number of carbonyl (C=O) groups excluding carboxylic acids is 2. The van der Waals surface area contributed by atoms with Gasteiger partial charge in [-0.15, -0.1) is 0 Å². The van der Waals surface area contributed by atoms with Crippen LogP contribution in [-0.4, -0.2) is 46.8 Å². The molecule has 0 bridgehead atoms. The van der Waals surface area contributed by atoms with Gasteiger partial charge in [0.2, 0.25) is 0 Å². The van der Waals surface area contributed by atoms with Crippen LogP contribution in [0.2, 0.25) is 0 Å². The molecule has 2 nitrogen and oxygen atoms in total. The molecule has 0 aliphatic carbocycles. The van der Waals surface area contributed by atoms with Gasteiger partial charge in [-0.05, 0) is 0 Å². The average molecular weight is 321 g/mol. The van der Waals surface area contributed by atoms with Crippen molar-refractivity contribution in [1.82, 2.24) is 0 Å². The van der Waals surface area contributed by atoms with Crippen molar-refractivity contribution in [1.29, 1.82) is 0 Å². The Hall–Kier alpha value is 0.649. The van der Waals surface area contributed by atoms with Gasteiger partial charge in [0.25, 0.3) is 0 Å². The standard InChI is InChI=1S/C3H5OSe.C3H5OTe/c2*1-2-3(4)5/h2*2H2,1H3. The van der Waals surface area contributed by atoms with E-state index in [-0.39, 0.29) is 8.51 Å². The van der Waals surface area contributed by atoms with Gasteiger partial charge in [0.05, 0.1) is 0 Å². The fourth-order valence-electron chi connectivity index (χ4n) is 0. The number of carbonyl (C=O) groups is 2. The quantitative estimate of drug-likeness (QED) is 0.681. The summed E-state index contributed by atoms with van der Waals surface area (Å²) in [6.45, 7) is 3.67. The molecule has 0 unspecified atom stereocenters. The van der Waals surface area contributed by atoms with E-state index < -0.39 is 0 Å². The van der Waals surface area contributed by atoms with Crippen LogP contribution in [0.5, 0.6) is 0 Å². The van der Waals surface area contributed by atoms with Crippen molar-refractivity contribution in [3.05, 3.63) is 0 Å². The molecule has 0 rings (SSSR count). The molecule has 58 valence electrons. The monoisotopic (exact) mass is 324 g/mol. The van der Waals surface area contributed by atoms with Crippen molar-refractivity contribution >= 4 is 46.8 Å². The molecule has 0 amide bonds. The molecule has 0 saturated carbocycles. The Morgan fingerprint density at radius 3 is 1.50 bits per heavy atom. The van der Waals surface area contributed by atoms with E-state index in [1.165, 1.54) is 22.3 Å². The molecule has 0 aromatic heterocycles. The van der Waals surface area contributed by atoms with E-state index in [9.17, 15) is 9.59 Å². The van der Waals surface area contributed by atoms with E-state index in [4.69, 9.17) is 0 Å². The third kappa shape index (κ3) is 23.4. The van der Waals surface area contributed by atoms with Gasteiger partial charge in [-0.2, -0.15) is 0 Å². The summed E-state index contributed by atoms with van der Waals surface area (Å²) < 4.78 is 0.394. The van der Waals surface area contributed by atoms with Gasteiger partial charge < -0.3 is 0 Å². The molecule has 2 radical (unpaired) electrons. The van der Waals surface area contributed by atoms with Crippen molar-refractivity contribution in [2.24, 2.45) is 0 Å². The summed E-state index contributed by atoms with van der Waals surface area (Å²) >= 11 is 3.87. The SMILES string of the molecule is CCC(=O)[Se].CCC(=O)[Te]. The van der Waals surface area contributed by atoms with Crippen LogP contribution in [0.25, 0.3) is 0 Å². The summed E-state index contributed by atoms with van der Waals surface area (Å²) in [6.07, 6.45) is 1.28. The fourth-order valence-corrected chi connectivity index (χ4v) is 0. The van der Waals surface area contributed by atoms with E-state index in [2.05, 4.69) is 16.0 Å². The summed E-state index contributed by atoms with van der Waals surface area (Å²) in [5.41, 5.74) is 0. The normalized spacial score (nSPS) is 7.40. The second-order valence-electron chi connectivity index (χ2n) is 1.45. The Bertz CT molecular complexity index is 100. The van der Waals surface area contributed by atoms with Gasteiger partial charge >= 0.3 is 83.1 Å². The molecule has 0 spiro atoms. The molecule has 0 atom stereocenters. The molecular formula is C6H10O2SeTe. The van der Waals surface area contributed by atoms with E-state index >= 15 is 0 Å². The molecule has 0 N–H and O–H groups in total. The molecule has 0 fully saturated rings. The Balaban J connectivity index is 0. The van der Waals surface area contributed by atoms with Crippen molar-refractivity contribution < 1.29 is 9.59 Å². The Kier molecular flexibility index (Phi) is 12.8. The van der Waals surface area contributed by atoms with Crippen LogP contribution < -0.4 is 0 Å². The molecule has 0 heterocycles. The zero-order valence-electron chi connectivity index (χ0n) is 6.05. The maximum absolute atomic E-state index is 9.82. The van der Waals surface area contributed by atoms with Gasteiger partial charge in [0.15, 0.2) is 0 Å². The maximum atomic E-state index is 9.82. The second-order valence-corrected chi connectivity index (χ2v) is 3.71. The summed E-state index contributed by atoms with van der Waals surface area (Å²) in [5, 5.41) is 0. The van der Waals surface area contributed by atoms with Crippen molar-refractivity contribution in [3.8, 4) is 0 Å². The first-order valence-corrected chi connectivity index (χ1v) is 4.96. The number of rotatable bonds is 2. The predicted molar refractivity (Wildman–Crippen MR) is 42.1 cm³/mol. The fraction of sp³-hybridized carbons (Fsp3) is 0.667. The summed E-state index contributed by atoms with van der Waals surface area (Å²) in [4.78, 5) is 19.6. The minimum absolute atomic E-state index is 0.130. The van der Waals surface area contributed by atoms with Crippen LogP contribution >= 0.6 is 0 Å². The van der Waals surface area contributed by atoms with Gasteiger partial charge in [-0.1, -0.05) is 0 Å². The Morgan fingerprint density at radius 1 is 1.30 bits per heavy atom. The van der Waals surface area contributed by atoms with Crippen LogP contribution in [0.3, 0.4) is 0 Å². The van der Waals surface area contributed by atoms with Crippen molar-refractivity contribution in [2.45, 2.75) is 26.7 Å². The third-order valence-corrected chi connectivity index (χ3v) is 2.01. The van der Waals surface area contributed by atoms with E-state index in [0.29, 0.717) is 12.8 Å². The first-order chi connectivity index (χ1) is 4.54. The van der Waals surface area contributed by atoms with Gasteiger partial charge in [-0.3, -0.25) is 0 Å². The van der Waals surface area contributed by atoms with Crippen LogP contribution in [0.15, 0.2) is 0 Å². The summed E-state index contributed by atoms with van der Waals surface area (Å²) in [6, 6.07) is 0. The van der Waals surface area contributed by atoms with Crippen LogP contribution in [0, 0.1) is 0 Å². The molecule has 10 heavy (non-hydrogen) atoms. The topological polar surface area (TPSA) is 34.1 Å². The molecule has 0 aromatic rings.